The number of hydrogen-bond donors (Lipinski definition) is 1. The molecule has 8 heteroatoms. The minimum Gasteiger partial charge on any atom is -0.481 e. The van der Waals surface area contributed by atoms with Crippen molar-refractivity contribution in [1.29, 1.82) is 0 Å². The van der Waals surface area contributed by atoms with Crippen LogP contribution in [-0.4, -0.2) is 44.0 Å². The molecule has 1 atom stereocenters. The van der Waals surface area contributed by atoms with Crippen LogP contribution < -0.4 is 4.90 Å². The molecule has 6 nitrogen and oxygen atoms in total. The summed E-state index contributed by atoms with van der Waals surface area (Å²) in [4.78, 5) is 19.7. The third-order valence-electron chi connectivity index (χ3n) is 5.27. The van der Waals surface area contributed by atoms with Crippen molar-refractivity contribution < 1.29 is 9.90 Å². The lowest BCUT2D eigenvalue weighted by molar-refractivity contribution is -0.141. The van der Waals surface area contributed by atoms with E-state index in [0.29, 0.717) is 23.2 Å². The van der Waals surface area contributed by atoms with E-state index >= 15 is 0 Å². The van der Waals surface area contributed by atoms with E-state index < -0.39 is 5.97 Å². The zero-order valence-electron chi connectivity index (χ0n) is 17.3. The Morgan fingerprint density at radius 1 is 1.30 bits per heavy atom. The number of thioether (sulfide) groups is 1. The van der Waals surface area contributed by atoms with E-state index in [-0.39, 0.29) is 5.92 Å². The van der Waals surface area contributed by atoms with Crippen LogP contribution in [0, 0.1) is 12.8 Å². The summed E-state index contributed by atoms with van der Waals surface area (Å²) in [5.74, 6) is -0.157. The highest BCUT2D eigenvalue weighted by Gasteiger charge is 2.30. The van der Waals surface area contributed by atoms with Crippen LogP contribution in [0.3, 0.4) is 0 Å². The van der Waals surface area contributed by atoms with E-state index in [0.717, 1.165) is 46.3 Å². The van der Waals surface area contributed by atoms with E-state index in [9.17, 15) is 9.90 Å². The third kappa shape index (κ3) is 4.14. The van der Waals surface area contributed by atoms with Crippen molar-refractivity contribution in [3.05, 3.63) is 41.0 Å². The van der Waals surface area contributed by atoms with E-state index in [1.54, 1.807) is 11.8 Å². The Labute approximate surface area is 185 Å². The number of aromatic nitrogens is 3. The molecule has 1 aromatic carbocycles. The van der Waals surface area contributed by atoms with Crippen LogP contribution in [0.1, 0.15) is 32.4 Å². The van der Waals surface area contributed by atoms with Gasteiger partial charge in [0.25, 0.3) is 0 Å². The van der Waals surface area contributed by atoms with Gasteiger partial charge in [0.15, 0.2) is 5.65 Å². The van der Waals surface area contributed by atoms with Gasteiger partial charge in [0.05, 0.1) is 22.2 Å². The number of halogens is 1. The second-order valence-corrected chi connectivity index (χ2v) is 9.97. The number of carbonyl (C=O) groups is 1. The SMILES string of the molecule is Cc1nc2cc(-c3ccc(Cl)cc3)nn2c(N2CCCC(C(=O)O)C2)c1SC(C)C. The molecule has 3 heterocycles. The van der Waals surface area contributed by atoms with Crippen molar-refractivity contribution in [2.75, 3.05) is 18.0 Å². The zero-order chi connectivity index (χ0) is 21.4. The minimum absolute atomic E-state index is 0.369. The Morgan fingerprint density at radius 2 is 2.03 bits per heavy atom. The van der Waals surface area contributed by atoms with Crippen molar-refractivity contribution in [2.45, 2.75) is 43.8 Å². The predicted octanol–water partition coefficient (Wildman–Crippen LogP) is 5.16. The predicted molar refractivity (Wildman–Crippen MR) is 122 cm³/mol. The van der Waals surface area contributed by atoms with Crippen LogP contribution in [0.15, 0.2) is 35.2 Å². The molecule has 0 bridgehead atoms. The van der Waals surface area contributed by atoms with E-state index in [2.05, 4.69) is 18.7 Å². The Balaban J connectivity index is 1.87. The Kier molecular flexibility index (Phi) is 5.93. The summed E-state index contributed by atoms with van der Waals surface area (Å²) in [6, 6.07) is 9.57. The molecule has 0 spiro atoms. The fourth-order valence-corrected chi connectivity index (χ4v) is 5.01. The first-order valence-corrected chi connectivity index (χ1v) is 11.4. The Morgan fingerprint density at radius 3 is 2.70 bits per heavy atom. The smallest absolute Gasteiger partial charge is 0.308 e. The topological polar surface area (TPSA) is 70.7 Å². The number of aryl methyl sites for hydroxylation is 1. The van der Waals surface area contributed by atoms with Gasteiger partial charge in [0.2, 0.25) is 0 Å². The summed E-state index contributed by atoms with van der Waals surface area (Å²) in [7, 11) is 0. The first kappa shape index (κ1) is 21.0. The maximum absolute atomic E-state index is 11.7. The molecule has 0 saturated carbocycles. The number of piperidine rings is 1. The van der Waals surface area contributed by atoms with Crippen LogP contribution in [0.4, 0.5) is 5.82 Å². The highest BCUT2D eigenvalue weighted by atomic mass is 35.5. The number of nitrogens with zero attached hydrogens (tertiary/aromatic N) is 4. The molecule has 1 aliphatic rings. The van der Waals surface area contributed by atoms with Crippen molar-refractivity contribution in [1.82, 2.24) is 14.6 Å². The van der Waals surface area contributed by atoms with Gasteiger partial charge in [-0.2, -0.15) is 9.61 Å². The highest BCUT2D eigenvalue weighted by Crippen LogP contribution is 2.38. The third-order valence-corrected chi connectivity index (χ3v) is 6.71. The number of aliphatic carboxylic acids is 1. The average molecular weight is 445 g/mol. The first-order chi connectivity index (χ1) is 14.3. The second-order valence-electron chi connectivity index (χ2n) is 7.95. The molecular formula is C22H25ClN4O2S. The standard InChI is InChI=1S/C22H25ClN4O2S/c1-13(2)30-20-14(3)24-19-11-18(15-6-8-17(23)9-7-15)25-27(19)21(20)26-10-4-5-16(12-26)22(28)29/h6-9,11,13,16H,4-5,10,12H2,1-3H3,(H,28,29). The van der Waals surface area contributed by atoms with Crippen molar-refractivity contribution >= 4 is 40.8 Å². The normalized spacial score (nSPS) is 17.1. The maximum Gasteiger partial charge on any atom is 0.308 e. The monoisotopic (exact) mass is 444 g/mol. The number of anilines is 1. The molecule has 1 fully saturated rings. The quantitative estimate of drug-likeness (QED) is 0.548. The molecule has 1 aliphatic heterocycles. The Bertz CT molecular complexity index is 1080. The van der Waals surface area contributed by atoms with Crippen molar-refractivity contribution in [2.24, 2.45) is 5.92 Å². The molecular weight excluding hydrogens is 420 g/mol. The maximum atomic E-state index is 11.7. The van der Waals surface area contributed by atoms with Crippen LogP contribution in [0.2, 0.25) is 5.02 Å². The molecule has 0 amide bonds. The van der Waals surface area contributed by atoms with Gasteiger partial charge >= 0.3 is 5.97 Å². The van der Waals surface area contributed by atoms with E-state index in [1.165, 1.54) is 0 Å². The lowest BCUT2D eigenvalue weighted by Gasteiger charge is -2.34. The van der Waals surface area contributed by atoms with Crippen LogP contribution in [0.25, 0.3) is 16.9 Å². The number of benzene rings is 1. The van der Waals surface area contributed by atoms with Gasteiger partial charge in [-0.05, 0) is 31.9 Å². The largest absolute Gasteiger partial charge is 0.481 e. The molecule has 3 aromatic rings. The van der Waals surface area contributed by atoms with Gasteiger partial charge in [-0.1, -0.05) is 37.6 Å². The molecule has 1 unspecified atom stereocenters. The number of carboxylic acids is 1. The molecule has 0 radical (unpaired) electrons. The zero-order valence-corrected chi connectivity index (χ0v) is 18.9. The lowest BCUT2D eigenvalue weighted by atomic mass is 9.98. The van der Waals surface area contributed by atoms with Gasteiger partial charge < -0.3 is 10.0 Å². The molecule has 1 saturated heterocycles. The number of rotatable bonds is 5. The Hall–Kier alpha value is -2.25. The fraction of sp³-hybridized carbons (Fsp3) is 0.409. The number of hydrogen-bond acceptors (Lipinski definition) is 5. The average Bonchev–Trinajstić information content (AvgIpc) is 3.12. The first-order valence-electron chi connectivity index (χ1n) is 10.1. The minimum atomic E-state index is -0.734. The molecule has 30 heavy (non-hydrogen) atoms. The summed E-state index contributed by atoms with van der Waals surface area (Å²) in [6.45, 7) is 7.61. The molecule has 4 rings (SSSR count). The summed E-state index contributed by atoms with van der Waals surface area (Å²) in [5.41, 5.74) is 3.49. The summed E-state index contributed by atoms with van der Waals surface area (Å²) in [5, 5.41) is 15.5. The highest BCUT2D eigenvalue weighted by molar-refractivity contribution is 8.00. The van der Waals surface area contributed by atoms with E-state index in [1.807, 2.05) is 41.8 Å². The van der Waals surface area contributed by atoms with Crippen LogP contribution in [-0.2, 0) is 4.79 Å². The fourth-order valence-electron chi connectivity index (χ4n) is 3.87. The summed E-state index contributed by atoms with van der Waals surface area (Å²) < 4.78 is 1.88. The van der Waals surface area contributed by atoms with Gasteiger partial charge in [0.1, 0.15) is 5.82 Å². The molecule has 2 aromatic heterocycles. The number of fused-ring (bicyclic) bond motifs is 1. The molecule has 1 N–H and O–H groups in total. The second kappa shape index (κ2) is 8.47. The van der Waals surface area contributed by atoms with Gasteiger partial charge in [0, 0.05) is 35.0 Å². The van der Waals surface area contributed by atoms with Crippen LogP contribution in [0.5, 0.6) is 0 Å². The van der Waals surface area contributed by atoms with Crippen LogP contribution >= 0.6 is 23.4 Å². The number of carboxylic acid groups (broad SMARTS) is 1. The van der Waals surface area contributed by atoms with Gasteiger partial charge in [-0.3, -0.25) is 4.79 Å². The summed E-state index contributed by atoms with van der Waals surface area (Å²) in [6.07, 6.45) is 1.55. The molecule has 0 aliphatic carbocycles. The molecule has 158 valence electrons. The lowest BCUT2D eigenvalue weighted by Crippen LogP contribution is -2.40. The van der Waals surface area contributed by atoms with Crippen molar-refractivity contribution in [3.63, 3.8) is 0 Å². The van der Waals surface area contributed by atoms with Gasteiger partial charge in [-0.25, -0.2) is 4.98 Å². The van der Waals surface area contributed by atoms with Gasteiger partial charge in [-0.15, -0.1) is 11.8 Å². The summed E-state index contributed by atoms with van der Waals surface area (Å²) >= 11 is 7.79. The van der Waals surface area contributed by atoms with Crippen molar-refractivity contribution in [3.8, 4) is 11.3 Å². The van der Waals surface area contributed by atoms with E-state index in [4.69, 9.17) is 21.7 Å².